The monoisotopic (exact) mass is 244 g/mol. The molecule has 1 unspecified atom stereocenters. The number of carboxylic acids is 1. The van der Waals surface area contributed by atoms with Gasteiger partial charge in [-0.1, -0.05) is 25.2 Å². The van der Waals surface area contributed by atoms with Crippen molar-refractivity contribution in [1.82, 2.24) is 0 Å². The molecule has 0 aliphatic heterocycles. The minimum Gasteiger partial charge on any atom is -0.481 e. The molecule has 0 amide bonds. The van der Waals surface area contributed by atoms with Crippen molar-refractivity contribution in [2.45, 2.75) is 57.5 Å². The van der Waals surface area contributed by atoms with Crippen LogP contribution in [0.5, 0.6) is 0 Å². The van der Waals surface area contributed by atoms with Crippen LogP contribution in [0.4, 0.5) is 0 Å². The Morgan fingerprint density at radius 1 is 1.38 bits per heavy atom. The summed E-state index contributed by atoms with van der Waals surface area (Å²) in [5.41, 5.74) is 1.10. The Morgan fingerprint density at radius 3 is 2.38 bits per heavy atom. The number of rotatable bonds is 8. The Morgan fingerprint density at radius 2 is 1.94 bits per heavy atom. The Bertz CT molecular complexity index is 243. The van der Waals surface area contributed by atoms with Crippen molar-refractivity contribution in [2.75, 3.05) is 0 Å². The maximum atomic E-state index is 10.3. The van der Waals surface area contributed by atoms with Gasteiger partial charge in [0.05, 0.1) is 6.10 Å². The number of carboxylic acid groups (broad SMARTS) is 1. The molecule has 4 heteroatoms. The fraction of sp³-hybridized carbons (Fsp3) is 0.750. The van der Waals surface area contributed by atoms with E-state index in [2.05, 4.69) is 26.2 Å². The molecule has 0 aliphatic carbocycles. The zero-order chi connectivity index (χ0) is 12.8. The summed E-state index contributed by atoms with van der Waals surface area (Å²) in [5.74, 6) is -0.798. The van der Waals surface area contributed by atoms with Gasteiger partial charge < -0.3 is 10.2 Å². The fourth-order valence-corrected chi connectivity index (χ4v) is 3.39. The number of aliphatic hydroxyl groups excluding tert-OH is 1. The summed E-state index contributed by atoms with van der Waals surface area (Å²) >= 11 is 0. The molecule has 0 saturated carbocycles. The largest absolute Gasteiger partial charge is 0.481 e. The van der Waals surface area contributed by atoms with Crippen LogP contribution in [-0.4, -0.2) is 30.4 Å². The molecule has 0 aromatic carbocycles. The van der Waals surface area contributed by atoms with Crippen molar-refractivity contribution in [3.63, 3.8) is 0 Å². The third kappa shape index (κ3) is 9.92. The Balaban J connectivity index is 3.74. The smallest absolute Gasteiger partial charge is 0.303 e. The van der Waals surface area contributed by atoms with Crippen LogP contribution in [-0.2, 0) is 4.79 Å². The molecule has 0 heterocycles. The van der Waals surface area contributed by atoms with Gasteiger partial charge in [-0.3, -0.25) is 4.79 Å². The molecule has 0 spiro atoms. The molecule has 0 aromatic rings. The van der Waals surface area contributed by atoms with E-state index in [0.29, 0.717) is 19.3 Å². The standard InChI is InChI=1S/C12H24O3Si/c1-10(9-16(2,3)4)8-11(13)6-5-7-12(14)15/h11,13H,1,5-9H2,2-4H3,(H,14,15). The summed E-state index contributed by atoms with van der Waals surface area (Å²) in [6.45, 7) is 10.8. The molecule has 0 radical (unpaired) electrons. The molecule has 16 heavy (non-hydrogen) atoms. The van der Waals surface area contributed by atoms with E-state index in [0.717, 1.165) is 11.6 Å². The van der Waals surface area contributed by atoms with Crippen molar-refractivity contribution < 1.29 is 15.0 Å². The van der Waals surface area contributed by atoms with Gasteiger partial charge in [0, 0.05) is 14.5 Å². The Hall–Kier alpha value is -0.613. The van der Waals surface area contributed by atoms with Gasteiger partial charge in [-0.05, 0) is 25.3 Å². The Kier molecular flexibility index (Phi) is 6.60. The highest BCUT2D eigenvalue weighted by molar-refractivity contribution is 6.76. The fourth-order valence-electron chi connectivity index (χ4n) is 1.75. The van der Waals surface area contributed by atoms with Crippen molar-refractivity contribution >= 4 is 14.0 Å². The van der Waals surface area contributed by atoms with E-state index in [4.69, 9.17) is 5.11 Å². The van der Waals surface area contributed by atoms with Gasteiger partial charge in [-0.15, -0.1) is 6.58 Å². The van der Waals surface area contributed by atoms with Crippen LogP contribution in [0.15, 0.2) is 12.2 Å². The third-order valence-electron chi connectivity index (χ3n) is 2.23. The maximum absolute atomic E-state index is 10.3. The quantitative estimate of drug-likeness (QED) is 0.510. The van der Waals surface area contributed by atoms with Crippen LogP contribution in [0.25, 0.3) is 0 Å². The average Bonchev–Trinajstić information content (AvgIpc) is 1.98. The second-order valence-corrected chi connectivity index (χ2v) is 11.1. The predicted octanol–water partition coefficient (Wildman–Crippen LogP) is 2.89. The van der Waals surface area contributed by atoms with Gasteiger partial charge in [0.2, 0.25) is 0 Å². The molecule has 3 nitrogen and oxygen atoms in total. The summed E-state index contributed by atoms with van der Waals surface area (Å²) in [4.78, 5) is 10.3. The molecule has 0 bridgehead atoms. The lowest BCUT2D eigenvalue weighted by molar-refractivity contribution is -0.137. The highest BCUT2D eigenvalue weighted by atomic mass is 28.3. The van der Waals surface area contributed by atoms with E-state index < -0.39 is 20.1 Å². The van der Waals surface area contributed by atoms with Crippen LogP contribution in [0.1, 0.15) is 25.7 Å². The minimum atomic E-state index is -1.14. The van der Waals surface area contributed by atoms with E-state index in [-0.39, 0.29) is 6.42 Å². The first kappa shape index (κ1) is 15.4. The number of aliphatic carboxylic acids is 1. The summed E-state index contributed by atoms with van der Waals surface area (Å²) in [6, 6.07) is 1.03. The molecule has 0 fully saturated rings. The summed E-state index contributed by atoms with van der Waals surface area (Å²) in [6.07, 6.45) is 1.41. The van der Waals surface area contributed by atoms with Gasteiger partial charge in [0.15, 0.2) is 0 Å². The first-order chi connectivity index (χ1) is 7.20. The van der Waals surface area contributed by atoms with Crippen molar-refractivity contribution in [1.29, 1.82) is 0 Å². The number of aliphatic hydroxyl groups is 1. The van der Waals surface area contributed by atoms with Gasteiger partial charge in [-0.2, -0.15) is 0 Å². The average molecular weight is 244 g/mol. The van der Waals surface area contributed by atoms with Crippen LogP contribution in [0.3, 0.4) is 0 Å². The lowest BCUT2D eigenvalue weighted by Gasteiger charge is -2.19. The number of carbonyl (C=O) groups is 1. The SMILES string of the molecule is C=C(CC(O)CCCC(=O)O)C[Si](C)(C)C. The van der Waals surface area contributed by atoms with Crippen LogP contribution in [0, 0.1) is 0 Å². The zero-order valence-corrected chi connectivity index (χ0v) is 11.6. The van der Waals surface area contributed by atoms with Crippen LogP contribution >= 0.6 is 0 Å². The molecule has 2 N–H and O–H groups in total. The highest BCUT2D eigenvalue weighted by Crippen LogP contribution is 2.20. The number of hydrogen-bond donors (Lipinski definition) is 2. The van der Waals surface area contributed by atoms with E-state index in [9.17, 15) is 9.90 Å². The molecule has 0 saturated heterocycles. The van der Waals surface area contributed by atoms with Crippen LogP contribution < -0.4 is 0 Å². The van der Waals surface area contributed by atoms with Crippen molar-refractivity contribution in [2.24, 2.45) is 0 Å². The summed E-state index contributed by atoms with van der Waals surface area (Å²) < 4.78 is 0. The second kappa shape index (κ2) is 6.86. The number of hydrogen-bond acceptors (Lipinski definition) is 2. The Labute approximate surface area is 99.2 Å². The first-order valence-electron chi connectivity index (χ1n) is 5.77. The van der Waals surface area contributed by atoms with Crippen molar-refractivity contribution in [3.8, 4) is 0 Å². The maximum Gasteiger partial charge on any atom is 0.303 e. The molecular formula is C12H24O3Si. The molecule has 94 valence electrons. The lowest BCUT2D eigenvalue weighted by Crippen LogP contribution is -2.21. The topological polar surface area (TPSA) is 57.5 Å². The molecule has 0 rings (SSSR count). The van der Waals surface area contributed by atoms with E-state index >= 15 is 0 Å². The normalized spacial score (nSPS) is 13.5. The van der Waals surface area contributed by atoms with E-state index in [1.165, 1.54) is 0 Å². The van der Waals surface area contributed by atoms with Gasteiger partial charge in [0.1, 0.15) is 0 Å². The second-order valence-electron chi connectivity index (χ2n) is 5.63. The van der Waals surface area contributed by atoms with E-state index in [1.807, 2.05) is 0 Å². The molecule has 0 aromatic heterocycles. The highest BCUT2D eigenvalue weighted by Gasteiger charge is 2.16. The van der Waals surface area contributed by atoms with E-state index in [1.54, 1.807) is 0 Å². The van der Waals surface area contributed by atoms with Crippen molar-refractivity contribution in [3.05, 3.63) is 12.2 Å². The predicted molar refractivity (Wildman–Crippen MR) is 69.4 cm³/mol. The molecule has 0 aliphatic rings. The lowest BCUT2D eigenvalue weighted by atomic mass is 10.1. The minimum absolute atomic E-state index is 0.136. The summed E-state index contributed by atoms with van der Waals surface area (Å²) in [7, 11) is -1.14. The zero-order valence-electron chi connectivity index (χ0n) is 10.6. The van der Waals surface area contributed by atoms with Crippen LogP contribution in [0.2, 0.25) is 25.7 Å². The summed E-state index contributed by atoms with van der Waals surface area (Å²) in [5, 5.41) is 18.2. The molecular weight excluding hydrogens is 220 g/mol. The van der Waals surface area contributed by atoms with Gasteiger partial charge in [0.25, 0.3) is 0 Å². The third-order valence-corrected chi connectivity index (χ3v) is 3.79. The van der Waals surface area contributed by atoms with Gasteiger partial charge >= 0.3 is 5.97 Å². The van der Waals surface area contributed by atoms with Gasteiger partial charge in [-0.25, -0.2) is 0 Å². The first-order valence-corrected chi connectivity index (χ1v) is 9.48. The molecule has 1 atom stereocenters.